The van der Waals surface area contributed by atoms with Gasteiger partial charge in [-0.25, -0.2) is 4.79 Å². The number of pyridine rings is 1. The summed E-state index contributed by atoms with van der Waals surface area (Å²) in [6.07, 6.45) is 3.41. The minimum Gasteiger partial charge on any atom is -0.476 e. The number of nitrogens with zero attached hydrogens (tertiary/aromatic N) is 3. The van der Waals surface area contributed by atoms with Crippen LogP contribution in [0.5, 0.6) is 5.88 Å². The highest BCUT2D eigenvalue weighted by atomic mass is 16.5. The van der Waals surface area contributed by atoms with Crippen LogP contribution < -0.4 is 15.4 Å². The van der Waals surface area contributed by atoms with Crippen LogP contribution in [0.25, 0.3) is 0 Å². The van der Waals surface area contributed by atoms with Crippen LogP contribution in [-0.4, -0.2) is 81.2 Å². The van der Waals surface area contributed by atoms with Gasteiger partial charge in [0.1, 0.15) is 12.4 Å². The molecule has 1 aromatic heterocycles. The summed E-state index contributed by atoms with van der Waals surface area (Å²) in [7, 11) is 0. The third-order valence-corrected chi connectivity index (χ3v) is 5.48. The maximum absolute atomic E-state index is 11.2. The van der Waals surface area contributed by atoms with Crippen molar-refractivity contribution in [2.45, 2.75) is 47.5 Å². The van der Waals surface area contributed by atoms with E-state index in [1.165, 1.54) is 6.21 Å². The molecule has 1 fully saturated rings. The molecule has 3 rings (SSSR count). The number of anilines is 2. The largest absolute Gasteiger partial charge is 0.476 e. The van der Waals surface area contributed by atoms with Crippen LogP contribution in [0.3, 0.4) is 0 Å². The van der Waals surface area contributed by atoms with Crippen molar-refractivity contribution in [3.63, 3.8) is 0 Å². The first-order valence-corrected chi connectivity index (χ1v) is 13.7. The quantitative estimate of drug-likeness (QED) is 0.295. The molecule has 0 spiro atoms. The van der Waals surface area contributed by atoms with Crippen LogP contribution in [0, 0.1) is 5.41 Å². The average Bonchev–Trinajstić information content (AvgIpc) is 2.95. The van der Waals surface area contributed by atoms with Crippen LogP contribution in [0.2, 0.25) is 0 Å². The number of aromatic nitrogens is 1. The Bertz CT molecular complexity index is 929. The molecule has 0 bridgehead atoms. The predicted molar refractivity (Wildman–Crippen MR) is 156 cm³/mol. The minimum atomic E-state index is -0.341. The van der Waals surface area contributed by atoms with E-state index in [-0.39, 0.29) is 5.97 Å². The number of morpholine rings is 1. The summed E-state index contributed by atoms with van der Waals surface area (Å²) in [5.74, 6) is 0.790. The Morgan fingerprint density at radius 1 is 1.13 bits per heavy atom. The van der Waals surface area contributed by atoms with Crippen molar-refractivity contribution in [3.05, 3.63) is 47.5 Å². The summed E-state index contributed by atoms with van der Waals surface area (Å²) < 4.78 is 16.0. The lowest BCUT2D eigenvalue weighted by Gasteiger charge is -2.26. The third kappa shape index (κ3) is 12.4. The molecule has 2 aromatic rings. The fourth-order valence-corrected chi connectivity index (χ4v) is 3.75. The zero-order valence-electron chi connectivity index (χ0n) is 23.9. The summed E-state index contributed by atoms with van der Waals surface area (Å²) >= 11 is 0. The Morgan fingerprint density at radius 2 is 1.82 bits per heavy atom. The fourth-order valence-electron chi connectivity index (χ4n) is 3.75. The number of hydrogen-bond donors (Lipinski definition) is 2. The lowest BCUT2D eigenvalue weighted by molar-refractivity contribution is 0.0320. The second kappa shape index (κ2) is 19.9. The molecule has 0 aliphatic carbocycles. The molecule has 0 atom stereocenters. The van der Waals surface area contributed by atoms with Gasteiger partial charge >= 0.3 is 5.97 Å². The summed E-state index contributed by atoms with van der Waals surface area (Å²) in [5, 5.41) is 7.01. The molecular weight excluding hydrogens is 482 g/mol. The Kier molecular flexibility index (Phi) is 17.2. The summed E-state index contributed by atoms with van der Waals surface area (Å²) in [6.45, 7) is 17.6. The van der Waals surface area contributed by atoms with E-state index in [0.717, 1.165) is 64.5 Å². The zero-order valence-corrected chi connectivity index (χ0v) is 23.9. The number of nitrogens with one attached hydrogen (secondary N) is 1. The molecule has 9 nitrogen and oxygen atoms in total. The van der Waals surface area contributed by atoms with Crippen molar-refractivity contribution >= 4 is 23.7 Å². The van der Waals surface area contributed by atoms with E-state index in [9.17, 15) is 4.79 Å². The van der Waals surface area contributed by atoms with Crippen molar-refractivity contribution in [2.24, 2.45) is 0 Å². The number of nitrogen functional groups attached to an aromatic ring is 1. The molecule has 0 saturated carbocycles. The van der Waals surface area contributed by atoms with Crippen LogP contribution in [0.15, 0.2) is 36.4 Å². The Hall–Kier alpha value is -3.17. The highest BCUT2D eigenvalue weighted by molar-refractivity contribution is 5.91. The van der Waals surface area contributed by atoms with Gasteiger partial charge in [-0.15, -0.1) is 0 Å². The van der Waals surface area contributed by atoms with Gasteiger partial charge in [0.2, 0.25) is 5.88 Å². The molecule has 9 heteroatoms. The molecule has 1 aliphatic heterocycles. The minimum absolute atomic E-state index is 0.341. The van der Waals surface area contributed by atoms with Gasteiger partial charge in [-0.2, -0.15) is 4.98 Å². The standard InChI is InChI=1S/C17H30N4O2.C10H11NO2.C2H6/c1-3-5-21(6-4-2)15-13-16(18)19-17(14-15)23-12-9-20-7-10-22-11-8-20;1-2-13-10(12)9-5-3-4-8(6-9)7-11;1-2/h13-14H,3-12H2,1-2H3,(H2,18,19);3-7,11H,2H2,1H3;1-2H3. The Morgan fingerprint density at radius 3 is 2.42 bits per heavy atom. The third-order valence-electron chi connectivity index (χ3n) is 5.48. The molecule has 38 heavy (non-hydrogen) atoms. The van der Waals surface area contributed by atoms with E-state index in [1.807, 2.05) is 26.0 Å². The molecule has 0 radical (unpaired) electrons. The van der Waals surface area contributed by atoms with E-state index in [0.29, 0.717) is 36.0 Å². The number of hydrogen-bond acceptors (Lipinski definition) is 9. The van der Waals surface area contributed by atoms with E-state index >= 15 is 0 Å². The molecular formula is C29H47N5O4. The molecule has 0 unspecified atom stereocenters. The van der Waals surface area contributed by atoms with Gasteiger partial charge in [-0.3, -0.25) is 4.90 Å². The Labute approximate surface area is 228 Å². The normalized spacial score (nSPS) is 12.8. The predicted octanol–water partition coefficient (Wildman–Crippen LogP) is 4.89. The van der Waals surface area contributed by atoms with Crippen molar-refractivity contribution in [1.82, 2.24) is 9.88 Å². The number of carbonyl (C=O) groups is 1. The first-order chi connectivity index (χ1) is 18.5. The second-order valence-corrected chi connectivity index (χ2v) is 8.37. The second-order valence-electron chi connectivity index (χ2n) is 8.37. The van der Waals surface area contributed by atoms with Gasteiger partial charge in [0, 0.05) is 56.8 Å². The van der Waals surface area contributed by atoms with Crippen LogP contribution in [0.1, 0.15) is 63.4 Å². The van der Waals surface area contributed by atoms with E-state index < -0.39 is 0 Å². The lowest BCUT2D eigenvalue weighted by Crippen LogP contribution is -2.38. The van der Waals surface area contributed by atoms with E-state index in [1.54, 1.807) is 31.2 Å². The maximum atomic E-state index is 11.2. The van der Waals surface area contributed by atoms with Crippen molar-refractivity contribution in [1.29, 1.82) is 5.41 Å². The smallest absolute Gasteiger partial charge is 0.338 e. The molecule has 0 amide bonds. The molecule has 212 valence electrons. The first kappa shape index (κ1) is 32.9. The number of benzene rings is 1. The molecule has 1 aromatic carbocycles. The van der Waals surface area contributed by atoms with Gasteiger partial charge in [0.15, 0.2) is 0 Å². The van der Waals surface area contributed by atoms with E-state index in [4.69, 9.17) is 25.4 Å². The number of carbonyl (C=O) groups excluding carboxylic acids is 1. The van der Waals surface area contributed by atoms with Crippen LogP contribution >= 0.6 is 0 Å². The number of esters is 1. The van der Waals surface area contributed by atoms with Crippen LogP contribution in [-0.2, 0) is 9.47 Å². The fraction of sp³-hybridized carbons (Fsp3) is 0.552. The monoisotopic (exact) mass is 529 g/mol. The SMILES string of the molecule is CC.CCCN(CCC)c1cc(N)nc(OCCN2CCOCC2)c1.CCOC(=O)c1cccc(C=N)c1. The highest BCUT2D eigenvalue weighted by Gasteiger charge is 2.12. The van der Waals surface area contributed by atoms with Gasteiger partial charge in [-0.05, 0) is 37.5 Å². The summed E-state index contributed by atoms with van der Waals surface area (Å²) in [4.78, 5) is 20.2. The number of nitrogens with two attached hydrogens (primary N) is 1. The average molecular weight is 530 g/mol. The highest BCUT2D eigenvalue weighted by Crippen LogP contribution is 2.23. The van der Waals surface area contributed by atoms with Crippen LogP contribution in [0.4, 0.5) is 11.5 Å². The van der Waals surface area contributed by atoms with Crippen molar-refractivity contribution in [2.75, 3.05) is 69.8 Å². The van der Waals surface area contributed by atoms with Gasteiger partial charge < -0.3 is 30.3 Å². The van der Waals surface area contributed by atoms with Gasteiger partial charge in [0.25, 0.3) is 0 Å². The molecule has 2 heterocycles. The number of ether oxygens (including phenoxy) is 3. The molecule has 3 N–H and O–H groups in total. The van der Waals surface area contributed by atoms with Gasteiger partial charge in [0.05, 0.1) is 25.4 Å². The zero-order chi connectivity index (χ0) is 28.2. The maximum Gasteiger partial charge on any atom is 0.338 e. The molecule has 1 aliphatic rings. The lowest BCUT2D eigenvalue weighted by atomic mass is 10.1. The first-order valence-electron chi connectivity index (χ1n) is 13.7. The number of rotatable bonds is 12. The van der Waals surface area contributed by atoms with Gasteiger partial charge in [-0.1, -0.05) is 39.8 Å². The van der Waals surface area contributed by atoms with Crippen molar-refractivity contribution < 1.29 is 19.0 Å². The summed E-state index contributed by atoms with van der Waals surface area (Å²) in [6, 6.07) is 10.7. The summed E-state index contributed by atoms with van der Waals surface area (Å²) in [5.41, 5.74) is 8.25. The molecule has 1 saturated heterocycles. The Balaban J connectivity index is 0.000000408. The van der Waals surface area contributed by atoms with E-state index in [2.05, 4.69) is 28.6 Å². The van der Waals surface area contributed by atoms with Crippen molar-refractivity contribution in [3.8, 4) is 5.88 Å². The topological polar surface area (TPSA) is 114 Å².